The molecule has 0 saturated carbocycles. The number of nitrogens with one attached hydrogen (secondary N) is 2. The number of ether oxygens (including phenoxy) is 2. The van der Waals surface area contributed by atoms with Gasteiger partial charge < -0.3 is 14.8 Å². The van der Waals surface area contributed by atoms with Crippen LogP contribution in [0.25, 0.3) is 11.1 Å². The van der Waals surface area contributed by atoms with Gasteiger partial charge in [-0.2, -0.15) is 26.3 Å². The van der Waals surface area contributed by atoms with Gasteiger partial charge in [0, 0.05) is 29.1 Å². The van der Waals surface area contributed by atoms with Gasteiger partial charge in [0.1, 0.15) is 11.4 Å². The molecule has 1 heterocycles. The molecule has 2 aromatic carbocycles. The summed E-state index contributed by atoms with van der Waals surface area (Å²) in [4.78, 5) is 42.7. The summed E-state index contributed by atoms with van der Waals surface area (Å²) in [7, 11) is 0. The quantitative estimate of drug-likeness (QED) is 0.139. The van der Waals surface area contributed by atoms with E-state index in [1.54, 1.807) is 24.4 Å². The lowest BCUT2D eigenvalue weighted by Crippen LogP contribution is -2.28. The van der Waals surface area contributed by atoms with Crippen LogP contribution in [0, 0.1) is 6.92 Å². The summed E-state index contributed by atoms with van der Waals surface area (Å²) in [5.41, 5.74) is -0.574. The highest BCUT2D eigenvalue weighted by atomic mass is 19.4. The number of ketones is 1. The molecule has 2 amide bonds. The van der Waals surface area contributed by atoms with Crippen molar-refractivity contribution in [3.05, 3.63) is 71.0 Å². The first-order valence-corrected chi connectivity index (χ1v) is 13.6. The van der Waals surface area contributed by atoms with Gasteiger partial charge in [-0.15, -0.1) is 0 Å². The summed E-state index contributed by atoms with van der Waals surface area (Å²) in [5, 5.41) is 4.26. The number of carbonyl (C=O) groups excluding carboxylic acids is 3. The highest BCUT2D eigenvalue weighted by Gasteiger charge is 2.38. The normalized spacial score (nSPS) is 12.0. The van der Waals surface area contributed by atoms with Gasteiger partial charge in [-0.05, 0) is 63.4 Å². The number of pyridine rings is 1. The Balaban J connectivity index is 1.92. The van der Waals surface area contributed by atoms with Gasteiger partial charge in [-0.3, -0.25) is 19.9 Å². The second kappa shape index (κ2) is 13.6. The summed E-state index contributed by atoms with van der Waals surface area (Å²) in [6.45, 7) is 6.28. The Labute approximate surface area is 255 Å². The van der Waals surface area contributed by atoms with Crippen LogP contribution in [0.5, 0.6) is 5.75 Å². The van der Waals surface area contributed by atoms with Crippen molar-refractivity contribution >= 4 is 29.2 Å². The number of aryl methyl sites for hydroxylation is 2. The van der Waals surface area contributed by atoms with E-state index in [-0.39, 0.29) is 5.56 Å². The average Bonchev–Trinajstić information content (AvgIpc) is 2.90. The smallest absolute Gasteiger partial charge is 0.422 e. The number of rotatable bonds is 9. The van der Waals surface area contributed by atoms with Crippen molar-refractivity contribution in [1.82, 2.24) is 4.98 Å². The molecule has 0 bridgehead atoms. The molecule has 0 fully saturated rings. The maximum atomic E-state index is 13.8. The van der Waals surface area contributed by atoms with Gasteiger partial charge in [-0.25, -0.2) is 4.79 Å². The number of halogens is 6. The van der Waals surface area contributed by atoms with Gasteiger partial charge in [-0.1, -0.05) is 25.1 Å². The van der Waals surface area contributed by atoms with Crippen molar-refractivity contribution in [1.29, 1.82) is 0 Å². The lowest BCUT2D eigenvalue weighted by Gasteiger charge is -2.22. The standard InChI is InChI=1S/C31H31F6N3O5/c1-6-20-10-17(2)21(15-38-20)18-8-7-9-19(11-18)25(41)14-27(42)39-23-12-22(31(35,36)37)26(44-16-30(32,33)34)13-24(23)40-28(43)45-29(3,4)5/h7-13,15H,6,14,16H2,1-5H3,(H,39,42)(H,40,43). The van der Waals surface area contributed by atoms with Gasteiger partial charge >= 0.3 is 18.4 Å². The summed E-state index contributed by atoms with van der Waals surface area (Å²) in [5.74, 6) is -2.98. The second-order valence-corrected chi connectivity index (χ2v) is 11.0. The summed E-state index contributed by atoms with van der Waals surface area (Å²) in [6, 6.07) is 9.07. The Morgan fingerprint density at radius 2 is 1.58 bits per heavy atom. The molecule has 14 heteroatoms. The number of hydrogen-bond acceptors (Lipinski definition) is 6. The lowest BCUT2D eigenvalue weighted by molar-refractivity contribution is -0.158. The molecule has 0 aliphatic heterocycles. The maximum absolute atomic E-state index is 13.8. The van der Waals surface area contributed by atoms with Crippen LogP contribution in [0.1, 0.15) is 61.3 Å². The number of benzene rings is 2. The SMILES string of the molecule is CCc1cc(C)c(-c2cccc(C(=O)CC(=O)Nc3cc(C(F)(F)F)c(OCC(F)(F)F)cc3NC(=O)OC(C)(C)C)c2)cn1. The molecule has 45 heavy (non-hydrogen) atoms. The van der Waals surface area contributed by atoms with Crippen molar-refractivity contribution in [3.63, 3.8) is 0 Å². The fraction of sp³-hybridized carbons (Fsp3) is 0.355. The van der Waals surface area contributed by atoms with E-state index in [2.05, 4.69) is 20.4 Å². The van der Waals surface area contributed by atoms with E-state index in [0.29, 0.717) is 17.7 Å². The number of hydrogen-bond donors (Lipinski definition) is 2. The van der Waals surface area contributed by atoms with Gasteiger partial charge in [0.05, 0.1) is 23.4 Å². The zero-order valence-corrected chi connectivity index (χ0v) is 25.0. The molecule has 8 nitrogen and oxygen atoms in total. The summed E-state index contributed by atoms with van der Waals surface area (Å²) >= 11 is 0. The van der Waals surface area contributed by atoms with Crippen molar-refractivity contribution in [2.75, 3.05) is 17.2 Å². The molecule has 0 aliphatic rings. The third-order valence-electron chi connectivity index (χ3n) is 6.07. The first-order valence-electron chi connectivity index (χ1n) is 13.6. The predicted octanol–water partition coefficient (Wildman–Crippen LogP) is 8.14. The Morgan fingerprint density at radius 1 is 0.911 bits per heavy atom. The summed E-state index contributed by atoms with van der Waals surface area (Å²) in [6.07, 6.45) is -9.77. The average molecular weight is 640 g/mol. The molecule has 0 aliphatic carbocycles. The van der Waals surface area contributed by atoms with E-state index in [0.717, 1.165) is 23.2 Å². The minimum atomic E-state index is -5.22. The van der Waals surface area contributed by atoms with Crippen LogP contribution in [0.15, 0.2) is 48.7 Å². The van der Waals surface area contributed by atoms with E-state index >= 15 is 0 Å². The Kier molecular flexibility index (Phi) is 10.5. The number of alkyl halides is 6. The topological polar surface area (TPSA) is 107 Å². The Bertz CT molecular complexity index is 1580. The van der Waals surface area contributed by atoms with Crippen molar-refractivity contribution in [2.45, 2.75) is 65.4 Å². The molecule has 0 radical (unpaired) electrons. The maximum Gasteiger partial charge on any atom is 0.422 e. The number of amides is 2. The molecule has 0 spiro atoms. The Morgan fingerprint density at radius 3 is 2.16 bits per heavy atom. The van der Waals surface area contributed by atoms with Gasteiger partial charge in [0.2, 0.25) is 5.91 Å². The van der Waals surface area contributed by atoms with Crippen molar-refractivity contribution in [2.24, 2.45) is 0 Å². The molecule has 0 atom stereocenters. The zero-order valence-electron chi connectivity index (χ0n) is 25.0. The van der Waals surface area contributed by atoms with Crippen LogP contribution >= 0.6 is 0 Å². The first-order chi connectivity index (χ1) is 20.8. The number of nitrogens with zero attached hydrogens (tertiary/aromatic N) is 1. The minimum Gasteiger partial charge on any atom is -0.483 e. The van der Waals surface area contributed by atoms with E-state index in [1.165, 1.54) is 26.8 Å². The highest BCUT2D eigenvalue weighted by molar-refractivity contribution is 6.12. The molecule has 3 rings (SSSR count). The number of Topliss-reactive ketones (excluding diaryl/α,β-unsaturated/α-hetero) is 1. The van der Waals surface area contributed by atoms with Gasteiger partial charge in [0.25, 0.3) is 0 Å². The van der Waals surface area contributed by atoms with Gasteiger partial charge in [0.15, 0.2) is 12.4 Å². The van der Waals surface area contributed by atoms with Crippen molar-refractivity contribution < 1.29 is 50.2 Å². The van der Waals surface area contributed by atoms with Crippen LogP contribution < -0.4 is 15.4 Å². The summed E-state index contributed by atoms with van der Waals surface area (Å²) < 4.78 is 89.3. The molecular weight excluding hydrogens is 608 g/mol. The van der Waals surface area contributed by atoms with Crippen LogP contribution in [-0.2, 0) is 22.1 Å². The van der Waals surface area contributed by atoms with E-state index < -0.39 is 71.5 Å². The molecule has 3 aromatic rings. The van der Waals surface area contributed by atoms with Crippen LogP contribution in [0.2, 0.25) is 0 Å². The second-order valence-electron chi connectivity index (χ2n) is 11.0. The van der Waals surface area contributed by atoms with E-state index in [9.17, 15) is 40.7 Å². The third kappa shape index (κ3) is 10.2. The van der Waals surface area contributed by atoms with Crippen LogP contribution in [0.3, 0.4) is 0 Å². The largest absolute Gasteiger partial charge is 0.483 e. The molecule has 1 aromatic heterocycles. The van der Waals surface area contributed by atoms with E-state index in [4.69, 9.17) is 4.74 Å². The Hall–Kier alpha value is -4.62. The number of carbonyl (C=O) groups is 3. The molecule has 2 N–H and O–H groups in total. The zero-order chi connectivity index (χ0) is 33.7. The molecular formula is C31H31F6N3O5. The molecule has 0 saturated heterocycles. The molecule has 242 valence electrons. The fourth-order valence-corrected chi connectivity index (χ4v) is 4.11. The van der Waals surface area contributed by atoms with Crippen molar-refractivity contribution in [3.8, 4) is 16.9 Å². The first kappa shape index (κ1) is 34.9. The molecule has 0 unspecified atom stereocenters. The predicted molar refractivity (Wildman–Crippen MR) is 154 cm³/mol. The number of aromatic nitrogens is 1. The lowest BCUT2D eigenvalue weighted by atomic mass is 9.98. The monoisotopic (exact) mass is 639 g/mol. The fourth-order valence-electron chi connectivity index (χ4n) is 4.11. The highest BCUT2D eigenvalue weighted by Crippen LogP contribution is 2.42. The number of anilines is 2. The third-order valence-corrected chi connectivity index (χ3v) is 6.07. The van der Waals surface area contributed by atoms with Crippen LogP contribution in [-0.4, -0.2) is 41.2 Å². The van der Waals surface area contributed by atoms with E-state index in [1.807, 2.05) is 19.9 Å². The minimum absolute atomic E-state index is 0.139. The van der Waals surface area contributed by atoms with Crippen LogP contribution in [0.4, 0.5) is 42.5 Å².